The van der Waals surface area contributed by atoms with Crippen LogP contribution < -0.4 is 0 Å². The molecule has 0 bridgehead atoms. The lowest BCUT2D eigenvalue weighted by Crippen LogP contribution is -2.10. The molecule has 0 spiro atoms. The fraction of sp³-hybridized carbons (Fsp3) is 0.429. The van der Waals surface area contributed by atoms with Crippen LogP contribution in [0.4, 0.5) is 0 Å². The molecule has 0 radical (unpaired) electrons. The third kappa shape index (κ3) is 5.02. The lowest BCUT2D eigenvalue weighted by Gasteiger charge is -2.08. The van der Waals surface area contributed by atoms with Crippen LogP contribution in [0.1, 0.15) is 13.8 Å². The molecule has 13 heavy (non-hydrogen) atoms. The Morgan fingerprint density at radius 1 is 1.08 bits per heavy atom. The van der Waals surface area contributed by atoms with Gasteiger partial charge >= 0.3 is 17.9 Å². The van der Waals surface area contributed by atoms with E-state index in [2.05, 4.69) is 9.47 Å². The van der Waals surface area contributed by atoms with Crippen molar-refractivity contribution in [1.82, 2.24) is 0 Å². The molecule has 0 saturated carbocycles. The Kier molecular flexibility index (Phi) is 4.82. The van der Waals surface area contributed by atoms with Gasteiger partial charge in [0.25, 0.3) is 0 Å². The summed E-state index contributed by atoms with van der Waals surface area (Å²) < 4.78 is 14.0. The molecule has 0 aliphatic heterocycles. The van der Waals surface area contributed by atoms with Gasteiger partial charge in [0.05, 0.1) is 17.4 Å². The monoisotopic (exact) mass is 204 g/mol. The highest BCUT2D eigenvalue weighted by molar-refractivity contribution is 6.20. The van der Waals surface area contributed by atoms with E-state index < -0.39 is 11.9 Å². The van der Waals surface area contributed by atoms with Crippen LogP contribution in [0.2, 0.25) is 0 Å². The molecular weight excluding hydrogens is 192 g/mol. The lowest BCUT2D eigenvalue weighted by atomic mass is 10.7. The molecule has 0 amide bonds. The molecule has 74 valence electrons. The van der Waals surface area contributed by atoms with Crippen molar-refractivity contribution in [1.29, 1.82) is 0 Å². The van der Waals surface area contributed by atoms with E-state index >= 15 is 0 Å². The van der Waals surface area contributed by atoms with E-state index in [1.165, 1.54) is 21.0 Å². The Hall–Kier alpha value is -1.30. The largest absolute Gasteiger partial charge is 0.500 e. The van der Waals surface area contributed by atoms with Crippen molar-refractivity contribution in [2.75, 3.05) is 7.11 Å². The average molecular weight is 204 g/mol. The highest BCUT2D eigenvalue weighted by Crippen LogP contribution is 2.06. The first kappa shape index (κ1) is 11.7. The molecule has 0 aliphatic carbocycles. The summed E-state index contributed by atoms with van der Waals surface area (Å²) >= 11 is 0. The van der Waals surface area contributed by atoms with Gasteiger partial charge in [-0.1, -0.05) is 0 Å². The van der Waals surface area contributed by atoms with Gasteiger partial charge in [0.1, 0.15) is 5.38 Å². The van der Waals surface area contributed by atoms with E-state index in [4.69, 9.17) is 4.74 Å². The molecule has 0 aromatic rings. The first-order valence-electron chi connectivity index (χ1n) is 3.59. The SMILES string of the molecule is COC([SiH3])=C(OC(C)=O)OC(C)=O. The summed E-state index contributed by atoms with van der Waals surface area (Å²) in [6.07, 6.45) is 0. The van der Waals surface area contributed by atoms with Crippen molar-refractivity contribution < 1.29 is 23.8 Å². The standard InChI is InChI=1S/C7H12O5Si/c1-4(8)11-6(7(13)10-3)12-5(2)9/h1-3,13H3. The van der Waals surface area contributed by atoms with E-state index in [-0.39, 0.29) is 5.95 Å². The molecule has 0 aromatic carbocycles. The number of methoxy groups -OCH3 is 1. The summed E-state index contributed by atoms with van der Waals surface area (Å²) in [4.78, 5) is 21.1. The Labute approximate surface area is 79.1 Å². The fourth-order valence-electron chi connectivity index (χ4n) is 0.509. The maximum atomic E-state index is 10.6. The van der Waals surface area contributed by atoms with Crippen LogP contribution in [0, 0.1) is 0 Å². The Morgan fingerprint density at radius 2 is 1.46 bits per heavy atom. The maximum Gasteiger partial charge on any atom is 0.328 e. The second-order valence-electron chi connectivity index (χ2n) is 2.24. The normalized spacial score (nSPS) is 8.85. The average Bonchev–Trinajstić information content (AvgIpc) is 2.00. The van der Waals surface area contributed by atoms with Crippen LogP contribution in [-0.4, -0.2) is 29.3 Å². The van der Waals surface area contributed by atoms with E-state index in [1.54, 1.807) is 0 Å². The van der Waals surface area contributed by atoms with Crippen molar-refractivity contribution in [3.63, 3.8) is 0 Å². The minimum absolute atomic E-state index is 0.158. The van der Waals surface area contributed by atoms with Crippen LogP contribution in [0.3, 0.4) is 0 Å². The summed E-state index contributed by atoms with van der Waals surface area (Å²) in [6, 6.07) is 0. The summed E-state index contributed by atoms with van der Waals surface area (Å²) in [5, 5.41) is 0.366. The van der Waals surface area contributed by atoms with Crippen molar-refractivity contribution in [3.8, 4) is 0 Å². The van der Waals surface area contributed by atoms with Gasteiger partial charge in [0, 0.05) is 13.8 Å². The molecule has 0 aromatic heterocycles. The van der Waals surface area contributed by atoms with Gasteiger partial charge in [-0.15, -0.1) is 0 Å². The van der Waals surface area contributed by atoms with E-state index in [9.17, 15) is 9.59 Å². The molecule has 0 heterocycles. The van der Waals surface area contributed by atoms with Gasteiger partial charge < -0.3 is 14.2 Å². The summed E-state index contributed by atoms with van der Waals surface area (Å²) in [5.41, 5.74) is 0. The quantitative estimate of drug-likeness (QED) is 0.344. The molecule has 0 saturated heterocycles. The third-order valence-electron chi connectivity index (χ3n) is 1.07. The lowest BCUT2D eigenvalue weighted by molar-refractivity contribution is -0.151. The smallest absolute Gasteiger partial charge is 0.328 e. The molecule has 0 aliphatic rings. The number of ether oxygens (including phenoxy) is 3. The number of carbonyl (C=O) groups excluding carboxylic acids is 2. The number of rotatable bonds is 3. The zero-order valence-corrected chi connectivity index (χ0v) is 10.0. The minimum atomic E-state index is -0.554. The number of esters is 2. The van der Waals surface area contributed by atoms with E-state index in [0.29, 0.717) is 15.6 Å². The molecule has 0 rings (SSSR count). The van der Waals surface area contributed by atoms with E-state index in [1.807, 2.05) is 0 Å². The van der Waals surface area contributed by atoms with Crippen LogP contribution in [0.5, 0.6) is 0 Å². The number of hydrogen-bond donors (Lipinski definition) is 0. The zero-order chi connectivity index (χ0) is 10.4. The Balaban J connectivity index is 4.54. The van der Waals surface area contributed by atoms with Crippen molar-refractivity contribution in [3.05, 3.63) is 11.3 Å². The van der Waals surface area contributed by atoms with Crippen LogP contribution in [0.15, 0.2) is 11.3 Å². The summed E-state index contributed by atoms with van der Waals surface area (Å²) in [6.45, 7) is 2.43. The molecule has 0 fully saturated rings. The second kappa shape index (κ2) is 5.36. The van der Waals surface area contributed by atoms with Crippen LogP contribution in [-0.2, 0) is 23.8 Å². The van der Waals surface area contributed by atoms with Gasteiger partial charge in [-0.2, -0.15) is 0 Å². The summed E-state index contributed by atoms with van der Waals surface area (Å²) in [5.74, 6) is -1.27. The number of hydrogen-bond acceptors (Lipinski definition) is 5. The Morgan fingerprint density at radius 3 is 1.69 bits per heavy atom. The topological polar surface area (TPSA) is 61.8 Å². The summed E-state index contributed by atoms with van der Waals surface area (Å²) in [7, 11) is 1.90. The second-order valence-corrected chi connectivity index (χ2v) is 3.14. The molecule has 5 nitrogen and oxygen atoms in total. The predicted molar refractivity (Wildman–Crippen MR) is 47.5 cm³/mol. The van der Waals surface area contributed by atoms with Crippen molar-refractivity contribution in [2.24, 2.45) is 0 Å². The third-order valence-corrected chi connectivity index (χ3v) is 1.88. The van der Waals surface area contributed by atoms with Crippen molar-refractivity contribution >= 4 is 22.2 Å². The first-order valence-corrected chi connectivity index (χ1v) is 4.59. The van der Waals surface area contributed by atoms with Gasteiger partial charge in [0.2, 0.25) is 0 Å². The van der Waals surface area contributed by atoms with Crippen LogP contribution in [0.25, 0.3) is 0 Å². The molecule has 0 N–H and O–H groups in total. The fourth-order valence-corrected chi connectivity index (χ4v) is 0.713. The minimum Gasteiger partial charge on any atom is -0.500 e. The maximum absolute atomic E-state index is 10.6. The predicted octanol–water partition coefficient (Wildman–Crippen LogP) is -0.749. The number of carbonyl (C=O) groups is 2. The van der Waals surface area contributed by atoms with Crippen LogP contribution >= 0.6 is 0 Å². The van der Waals surface area contributed by atoms with Crippen molar-refractivity contribution in [2.45, 2.75) is 13.8 Å². The molecule has 0 unspecified atom stereocenters. The molecule has 0 atom stereocenters. The van der Waals surface area contributed by atoms with E-state index in [0.717, 1.165) is 0 Å². The van der Waals surface area contributed by atoms with Gasteiger partial charge in [-0.25, -0.2) is 0 Å². The highest BCUT2D eigenvalue weighted by atomic mass is 28.1. The van der Waals surface area contributed by atoms with Gasteiger partial charge in [-0.05, 0) is 0 Å². The zero-order valence-electron chi connectivity index (χ0n) is 8.04. The first-order chi connectivity index (χ1) is 5.97. The molecule has 6 heteroatoms. The Bertz CT molecular complexity index is 227. The van der Waals surface area contributed by atoms with Gasteiger partial charge in [0.15, 0.2) is 0 Å². The highest BCUT2D eigenvalue weighted by Gasteiger charge is 2.11. The molecular formula is C7H12O5Si. The van der Waals surface area contributed by atoms with Gasteiger partial charge in [-0.3, -0.25) is 9.59 Å².